The minimum atomic E-state index is -0.607. The van der Waals surface area contributed by atoms with Crippen LogP contribution in [-0.4, -0.2) is 43.0 Å². The lowest BCUT2D eigenvalue weighted by atomic mass is 9.98. The molecule has 0 unspecified atom stereocenters. The zero-order valence-corrected chi connectivity index (χ0v) is 15.9. The van der Waals surface area contributed by atoms with Crippen LogP contribution in [0.5, 0.6) is 0 Å². The van der Waals surface area contributed by atoms with Crippen LogP contribution in [0, 0.1) is 0 Å². The third kappa shape index (κ3) is 3.75. The standard InChI is InChI=1S/C20H22N6O3/c21-19(28)16-11-15(23-24-16)17-7-3-4-9-26(17)18(27)8-10-25-12-22-14-6-2-1-5-13(14)20(25)29/h1-2,5-6,11-12,17H,3-4,7-10H2,(H2,21,28)(H,23,24)/t17-/m0/s1. The first-order valence-electron chi connectivity index (χ1n) is 9.63. The molecule has 150 valence electrons. The number of rotatable bonds is 5. The molecule has 0 saturated carbocycles. The highest BCUT2D eigenvalue weighted by Crippen LogP contribution is 2.30. The Bertz CT molecular complexity index is 1120. The van der Waals surface area contributed by atoms with Gasteiger partial charge in [0.25, 0.3) is 11.5 Å². The Labute approximate surface area is 166 Å². The highest BCUT2D eigenvalue weighted by molar-refractivity contribution is 5.90. The first-order valence-corrected chi connectivity index (χ1v) is 9.63. The van der Waals surface area contributed by atoms with Gasteiger partial charge in [-0.2, -0.15) is 5.10 Å². The summed E-state index contributed by atoms with van der Waals surface area (Å²) in [6.45, 7) is 0.882. The lowest BCUT2D eigenvalue weighted by Crippen LogP contribution is -2.39. The summed E-state index contributed by atoms with van der Waals surface area (Å²) in [6.07, 6.45) is 4.35. The number of nitrogens with zero attached hydrogens (tertiary/aromatic N) is 4. The number of piperidine rings is 1. The average molecular weight is 394 g/mol. The Balaban J connectivity index is 1.50. The van der Waals surface area contributed by atoms with Crippen molar-refractivity contribution in [3.05, 3.63) is 58.4 Å². The SMILES string of the molecule is NC(=O)c1cc([C@@H]2CCCCN2C(=O)CCn2cnc3ccccc3c2=O)[nH]n1. The second-order valence-corrected chi connectivity index (χ2v) is 7.18. The van der Waals surface area contributed by atoms with E-state index in [-0.39, 0.29) is 36.2 Å². The molecule has 3 heterocycles. The maximum absolute atomic E-state index is 12.9. The molecule has 3 N–H and O–H groups in total. The number of aryl methyl sites for hydroxylation is 1. The molecule has 0 spiro atoms. The molecule has 0 aliphatic carbocycles. The van der Waals surface area contributed by atoms with Gasteiger partial charge in [0.2, 0.25) is 5.91 Å². The molecule has 1 aliphatic rings. The largest absolute Gasteiger partial charge is 0.364 e. The Morgan fingerprint density at radius 3 is 2.86 bits per heavy atom. The summed E-state index contributed by atoms with van der Waals surface area (Å²) >= 11 is 0. The number of aromatic amines is 1. The third-order valence-corrected chi connectivity index (χ3v) is 5.33. The molecule has 1 aromatic carbocycles. The number of carbonyl (C=O) groups is 2. The number of nitrogens with two attached hydrogens (primary N) is 1. The van der Waals surface area contributed by atoms with Crippen LogP contribution >= 0.6 is 0 Å². The van der Waals surface area contributed by atoms with Crippen molar-refractivity contribution in [3.8, 4) is 0 Å². The first-order chi connectivity index (χ1) is 14.0. The van der Waals surface area contributed by atoms with E-state index in [1.54, 1.807) is 29.2 Å². The van der Waals surface area contributed by atoms with E-state index in [0.29, 0.717) is 23.1 Å². The van der Waals surface area contributed by atoms with Crippen LogP contribution in [0.3, 0.4) is 0 Å². The number of para-hydroxylation sites is 1. The third-order valence-electron chi connectivity index (χ3n) is 5.33. The number of amides is 2. The number of hydrogen-bond donors (Lipinski definition) is 2. The molecular formula is C20H22N6O3. The van der Waals surface area contributed by atoms with Crippen LogP contribution in [-0.2, 0) is 11.3 Å². The van der Waals surface area contributed by atoms with Crippen LogP contribution in [0.2, 0.25) is 0 Å². The van der Waals surface area contributed by atoms with Crippen LogP contribution < -0.4 is 11.3 Å². The summed E-state index contributed by atoms with van der Waals surface area (Å²) in [7, 11) is 0. The molecule has 1 saturated heterocycles. The number of nitrogens with one attached hydrogen (secondary N) is 1. The maximum Gasteiger partial charge on any atom is 0.269 e. The van der Waals surface area contributed by atoms with Gasteiger partial charge in [-0.15, -0.1) is 0 Å². The Morgan fingerprint density at radius 1 is 1.24 bits per heavy atom. The van der Waals surface area contributed by atoms with Crippen molar-refractivity contribution in [3.63, 3.8) is 0 Å². The van der Waals surface area contributed by atoms with Gasteiger partial charge < -0.3 is 10.6 Å². The summed E-state index contributed by atoms with van der Waals surface area (Å²) in [5.41, 5.74) is 6.63. The molecule has 1 aliphatic heterocycles. The fourth-order valence-corrected chi connectivity index (χ4v) is 3.81. The second kappa shape index (κ2) is 7.86. The van der Waals surface area contributed by atoms with E-state index in [2.05, 4.69) is 15.2 Å². The fraction of sp³-hybridized carbons (Fsp3) is 0.350. The highest BCUT2D eigenvalue weighted by atomic mass is 16.2. The van der Waals surface area contributed by atoms with Gasteiger partial charge >= 0.3 is 0 Å². The highest BCUT2D eigenvalue weighted by Gasteiger charge is 2.29. The Kier molecular flexibility index (Phi) is 5.11. The lowest BCUT2D eigenvalue weighted by molar-refractivity contribution is -0.135. The minimum absolute atomic E-state index is 0.0509. The second-order valence-electron chi connectivity index (χ2n) is 7.18. The molecule has 0 bridgehead atoms. The predicted molar refractivity (Wildman–Crippen MR) is 106 cm³/mol. The molecular weight excluding hydrogens is 372 g/mol. The van der Waals surface area contributed by atoms with Gasteiger partial charge in [0.15, 0.2) is 0 Å². The molecule has 9 nitrogen and oxygen atoms in total. The van der Waals surface area contributed by atoms with Crippen molar-refractivity contribution in [1.82, 2.24) is 24.6 Å². The van der Waals surface area contributed by atoms with Crippen LogP contribution in [0.4, 0.5) is 0 Å². The molecule has 9 heteroatoms. The average Bonchev–Trinajstić information content (AvgIpc) is 3.24. The summed E-state index contributed by atoms with van der Waals surface area (Å²) in [5, 5.41) is 7.30. The number of fused-ring (bicyclic) bond motifs is 1. The number of hydrogen-bond acceptors (Lipinski definition) is 5. The monoisotopic (exact) mass is 394 g/mol. The topological polar surface area (TPSA) is 127 Å². The van der Waals surface area contributed by atoms with Crippen molar-refractivity contribution >= 4 is 22.7 Å². The molecule has 3 aromatic rings. The van der Waals surface area contributed by atoms with Crippen molar-refractivity contribution in [2.24, 2.45) is 5.73 Å². The van der Waals surface area contributed by atoms with Crippen molar-refractivity contribution in [2.45, 2.75) is 38.3 Å². The number of primary amides is 1. The van der Waals surface area contributed by atoms with Crippen LogP contribution in [0.15, 0.2) is 41.5 Å². The van der Waals surface area contributed by atoms with E-state index in [1.807, 2.05) is 6.07 Å². The quantitative estimate of drug-likeness (QED) is 0.675. The number of aromatic nitrogens is 4. The van der Waals surface area contributed by atoms with E-state index in [4.69, 9.17) is 5.73 Å². The summed E-state index contributed by atoms with van der Waals surface area (Å²) in [6, 6.07) is 8.58. The van der Waals surface area contributed by atoms with E-state index < -0.39 is 5.91 Å². The van der Waals surface area contributed by atoms with Crippen molar-refractivity contribution < 1.29 is 9.59 Å². The normalized spacial score (nSPS) is 16.8. The molecule has 4 rings (SSSR count). The fourth-order valence-electron chi connectivity index (χ4n) is 3.81. The number of H-pyrrole nitrogens is 1. The molecule has 2 amide bonds. The summed E-state index contributed by atoms with van der Waals surface area (Å²) in [4.78, 5) is 43.0. The van der Waals surface area contributed by atoms with E-state index >= 15 is 0 Å². The number of carbonyl (C=O) groups excluding carboxylic acids is 2. The van der Waals surface area contributed by atoms with Gasteiger partial charge in [0.1, 0.15) is 5.69 Å². The lowest BCUT2D eigenvalue weighted by Gasteiger charge is -2.35. The van der Waals surface area contributed by atoms with Gasteiger partial charge in [0, 0.05) is 19.5 Å². The number of likely N-dealkylation sites (tertiary alicyclic amines) is 1. The van der Waals surface area contributed by atoms with Gasteiger partial charge in [0.05, 0.1) is 29.0 Å². The Morgan fingerprint density at radius 2 is 2.07 bits per heavy atom. The Hall–Kier alpha value is -3.49. The summed E-state index contributed by atoms with van der Waals surface area (Å²) < 4.78 is 1.47. The van der Waals surface area contributed by atoms with E-state index in [0.717, 1.165) is 19.3 Å². The maximum atomic E-state index is 12.9. The van der Waals surface area contributed by atoms with E-state index in [9.17, 15) is 14.4 Å². The molecule has 29 heavy (non-hydrogen) atoms. The minimum Gasteiger partial charge on any atom is -0.364 e. The van der Waals surface area contributed by atoms with Gasteiger partial charge in [-0.3, -0.25) is 24.0 Å². The zero-order valence-electron chi connectivity index (χ0n) is 15.9. The van der Waals surface area contributed by atoms with Gasteiger partial charge in [-0.1, -0.05) is 12.1 Å². The van der Waals surface area contributed by atoms with E-state index in [1.165, 1.54) is 10.9 Å². The first kappa shape index (κ1) is 18.9. The van der Waals surface area contributed by atoms with Crippen LogP contribution in [0.25, 0.3) is 10.9 Å². The number of benzene rings is 1. The van der Waals surface area contributed by atoms with Crippen molar-refractivity contribution in [2.75, 3.05) is 6.54 Å². The predicted octanol–water partition coefficient (Wildman–Crippen LogP) is 1.36. The molecule has 1 fully saturated rings. The zero-order chi connectivity index (χ0) is 20.4. The van der Waals surface area contributed by atoms with Crippen molar-refractivity contribution in [1.29, 1.82) is 0 Å². The summed E-state index contributed by atoms with van der Waals surface area (Å²) in [5.74, 6) is -0.658. The smallest absolute Gasteiger partial charge is 0.269 e. The molecule has 2 aromatic heterocycles. The van der Waals surface area contributed by atoms with Gasteiger partial charge in [-0.25, -0.2) is 4.98 Å². The molecule has 1 atom stereocenters. The van der Waals surface area contributed by atoms with Gasteiger partial charge in [-0.05, 0) is 37.5 Å². The van der Waals surface area contributed by atoms with Crippen LogP contribution in [0.1, 0.15) is 47.9 Å². The molecule has 0 radical (unpaired) electrons.